The highest BCUT2D eigenvalue weighted by atomic mass is 16.2. The molecule has 18 heavy (non-hydrogen) atoms. The van der Waals surface area contributed by atoms with Gasteiger partial charge in [0.05, 0.1) is 12.5 Å². The lowest BCUT2D eigenvalue weighted by Gasteiger charge is -2.25. The Balaban J connectivity index is 2.91. The fraction of sp³-hybridized carbons (Fsp3) is 0.417. The number of hydrogen-bond acceptors (Lipinski definition) is 5. The molecule has 1 rings (SSSR count). The van der Waals surface area contributed by atoms with Gasteiger partial charge in [-0.1, -0.05) is 6.07 Å². The van der Waals surface area contributed by atoms with Gasteiger partial charge < -0.3 is 10.3 Å². The van der Waals surface area contributed by atoms with Crippen LogP contribution in [0, 0.1) is 11.3 Å². The molecule has 1 aromatic rings. The van der Waals surface area contributed by atoms with Gasteiger partial charge in [-0.25, -0.2) is 10.8 Å². The highest BCUT2D eigenvalue weighted by Gasteiger charge is 2.19. The summed E-state index contributed by atoms with van der Waals surface area (Å²) in [6, 6.07) is 7.06. The fourth-order valence-corrected chi connectivity index (χ4v) is 1.55. The van der Waals surface area contributed by atoms with Gasteiger partial charge in [0.1, 0.15) is 11.5 Å². The van der Waals surface area contributed by atoms with Crippen LogP contribution < -0.4 is 11.3 Å². The van der Waals surface area contributed by atoms with Crippen LogP contribution >= 0.6 is 0 Å². The van der Waals surface area contributed by atoms with Crippen LogP contribution in [0.15, 0.2) is 18.2 Å². The smallest absolute Gasteiger partial charge is 0.272 e. The molecule has 1 heterocycles. The summed E-state index contributed by atoms with van der Waals surface area (Å²) in [5.41, 5.74) is 2.72. The molecule has 0 unspecified atom stereocenters. The molecule has 6 heteroatoms. The average Bonchev–Trinajstić information content (AvgIpc) is 2.38. The molecule has 1 amide bonds. The molecule has 0 saturated carbocycles. The van der Waals surface area contributed by atoms with Crippen LogP contribution in [0.3, 0.4) is 0 Å². The highest BCUT2D eigenvalue weighted by molar-refractivity contribution is 5.92. The lowest BCUT2D eigenvalue weighted by molar-refractivity contribution is 0.0704. The molecular weight excluding hydrogens is 230 g/mol. The molecule has 1 aromatic heterocycles. The Bertz CT molecular complexity index is 452. The van der Waals surface area contributed by atoms with Crippen molar-refractivity contribution in [3.8, 4) is 6.07 Å². The van der Waals surface area contributed by atoms with Crippen LogP contribution in [0.1, 0.15) is 30.8 Å². The van der Waals surface area contributed by atoms with Crippen molar-refractivity contribution in [1.82, 2.24) is 9.88 Å². The second kappa shape index (κ2) is 6.57. The third-order valence-corrected chi connectivity index (χ3v) is 2.46. The highest BCUT2D eigenvalue weighted by Crippen LogP contribution is 2.09. The number of carbonyl (C=O) groups excluding carboxylic acids is 1. The van der Waals surface area contributed by atoms with E-state index in [4.69, 9.17) is 11.1 Å². The third kappa shape index (κ3) is 3.43. The second-order valence-corrected chi connectivity index (χ2v) is 4.05. The molecular formula is C12H17N5O. The van der Waals surface area contributed by atoms with Crippen molar-refractivity contribution in [2.45, 2.75) is 26.3 Å². The average molecular weight is 247 g/mol. The quantitative estimate of drug-likeness (QED) is 0.600. The van der Waals surface area contributed by atoms with Crippen molar-refractivity contribution in [1.29, 1.82) is 5.26 Å². The zero-order chi connectivity index (χ0) is 13.5. The first kappa shape index (κ1) is 13.9. The van der Waals surface area contributed by atoms with Crippen LogP contribution in [0.2, 0.25) is 0 Å². The summed E-state index contributed by atoms with van der Waals surface area (Å²) in [7, 11) is 0. The van der Waals surface area contributed by atoms with Gasteiger partial charge in [0.25, 0.3) is 5.91 Å². The van der Waals surface area contributed by atoms with E-state index >= 15 is 0 Å². The Hall–Kier alpha value is -2.13. The van der Waals surface area contributed by atoms with E-state index in [1.165, 1.54) is 0 Å². The van der Waals surface area contributed by atoms with Gasteiger partial charge >= 0.3 is 0 Å². The molecule has 0 bridgehead atoms. The lowest BCUT2D eigenvalue weighted by Crippen LogP contribution is -2.38. The minimum Gasteiger partial charge on any atom is -0.334 e. The molecule has 0 spiro atoms. The Morgan fingerprint density at radius 1 is 1.61 bits per heavy atom. The fourth-order valence-electron chi connectivity index (χ4n) is 1.55. The third-order valence-electron chi connectivity index (χ3n) is 2.46. The monoisotopic (exact) mass is 247 g/mol. The first-order chi connectivity index (χ1) is 8.60. The maximum absolute atomic E-state index is 12.2. The Kier molecular flexibility index (Phi) is 5.08. The van der Waals surface area contributed by atoms with E-state index in [-0.39, 0.29) is 11.9 Å². The molecule has 0 radical (unpaired) electrons. The molecule has 0 saturated heterocycles. The van der Waals surface area contributed by atoms with Gasteiger partial charge in [0.15, 0.2) is 0 Å². The van der Waals surface area contributed by atoms with E-state index in [0.29, 0.717) is 24.5 Å². The molecule has 0 atom stereocenters. The molecule has 0 aliphatic rings. The minimum absolute atomic E-state index is 0.0159. The van der Waals surface area contributed by atoms with E-state index in [0.717, 1.165) is 0 Å². The summed E-state index contributed by atoms with van der Waals surface area (Å²) in [5.74, 6) is 5.49. The van der Waals surface area contributed by atoms with E-state index in [2.05, 4.69) is 10.4 Å². The normalized spacial score (nSPS) is 9.94. The summed E-state index contributed by atoms with van der Waals surface area (Å²) in [6.07, 6.45) is 0.304. The van der Waals surface area contributed by atoms with Crippen LogP contribution in [0.5, 0.6) is 0 Å². The maximum atomic E-state index is 12.2. The number of carbonyl (C=O) groups is 1. The predicted molar refractivity (Wildman–Crippen MR) is 68.4 cm³/mol. The number of rotatable bonds is 5. The number of nitrogens with one attached hydrogen (secondary N) is 1. The van der Waals surface area contributed by atoms with Crippen LogP contribution in [-0.4, -0.2) is 28.4 Å². The number of hydrazine groups is 1. The van der Waals surface area contributed by atoms with Crippen LogP contribution in [0.4, 0.5) is 5.82 Å². The van der Waals surface area contributed by atoms with Gasteiger partial charge in [0.2, 0.25) is 0 Å². The summed E-state index contributed by atoms with van der Waals surface area (Å²) >= 11 is 0. The minimum atomic E-state index is -0.197. The number of hydrogen-bond donors (Lipinski definition) is 2. The summed E-state index contributed by atoms with van der Waals surface area (Å²) in [6.45, 7) is 4.20. The summed E-state index contributed by atoms with van der Waals surface area (Å²) in [4.78, 5) is 18.0. The second-order valence-electron chi connectivity index (χ2n) is 4.05. The largest absolute Gasteiger partial charge is 0.334 e. The molecule has 0 aliphatic heterocycles. The van der Waals surface area contributed by atoms with Gasteiger partial charge in [-0.2, -0.15) is 5.26 Å². The first-order valence-electron chi connectivity index (χ1n) is 5.71. The number of nitrogens with two attached hydrogens (primary N) is 1. The van der Waals surface area contributed by atoms with Crippen molar-refractivity contribution in [2.24, 2.45) is 5.84 Å². The van der Waals surface area contributed by atoms with Gasteiger partial charge in [0, 0.05) is 12.6 Å². The molecule has 0 aromatic carbocycles. The summed E-state index contributed by atoms with van der Waals surface area (Å²) < 4.78 is 0. The topological polar surface area (TPSA) is 95.0 Å². The molecule has 6 nitrogen and oxygen atoms in total. The van der Waals surface area contributed by atoms with E-state index in [1.807, 2.05) is 19.9 Å². The van der Waals surface area contributed by atoms with E-state index in [1.54, 1.807) is 23.1 Å². The van der Waals surface area contributed by atoms with Crippen molar-refractivity contribution < 1.29 is 4.79 Å². The van der Waals surface area contributed by atoms with Crippen molar-refractivity contribution in [2.75, 3.05) is 12.0 Å². The molecule has 96 valence electrons. The number of amides is 1. The maximum Gasteiger partial charge on any atom is 0.272 e. The number of nitriles is 1. The Morgan fingerprint density at radius 3 is 2.89 bits per heavy atom. The van der Waals surface area contributed by atoms with Gasteiger partial charge in [-0.15, -0.1) is 0 Å². The number of nitrogens with zero attached hydrogens (tertiary/aromatic N) is 3. The van der Waals surface area contributed by atoms with Gasteiger partial charge in [-0.3, -0.25) is 4.79 Å². The van der Waals surface area contributed by atoms with Crippen LogP contribution in [-0.2, 0) is 0 Å². The Labute approximate surface area is 106 Å². The first-order valence-corrected chi connectivity index (χ1v) is 5.71. The van der Waals surface area contributed by atoms with E-state index in [9.17, 15) is 4.79 Å². The number of anilines is 1. The Morgan fingerprint density at radius 2 is 2.33 bits per heavy atom. The molecule has 0 fully saturated rings. The lowest BCUT2D eigenvalue weighted by atomic mass is 10.2. The molecule has 3 N–H and O–H groups in total. The molecule has 0 aliphatic carbocycles. The SMILES string of the molecule is CC(C)N(CCC#N)C(=O)c1cccc(NN)n1. The zero-order valence-electron chi connectivity index (χ0n) is 10.6. The standard InChI is InChI=1S/C12H17N5O/c1-9(2)17(8-4-7-13)12(18)10-5-3-6-11(15-10)16-14/h3,5-6,9H,4,8,14H2,1-2H3,(H,15,16). The van der Waals surface area contributed by atoms with Crippen LogP contribution in [0.25, 0.3) is 0 Å². The van der Waals surface area contributed by atoms with E-state index < -0.39 is 0 Å². The number of nitrogen functional groups attached to an aromatic ring is 1. The predicted octanol–water partition coefficient (Wildman–Crippen LogP) is 1.13. The number of pyridine rings is 1. The van der Waals surface area contributed by atoms with Crippen molar-refractivity contribution >= 4 is 11.7 Å². The summed E-state index contributed by atoms with van der Waals surface area (Å²) in [5, 5.41) is 8.60. The van der Waals surface area contributed by atoms with Crippen molar-refractivity contribution in [3.63, 3.8) is 0 Å². The number of aromatic nitrogens is 1. The van der Waals surface area contributed by atoms with Crippen molar-refractivity contribution in [3.05, 3.63) is 23.9 Å². The van der Waals surface area contributed by atoms with Gasteiger partial charge in [-0.05, 0) is 26.0 Å². The zero-order valence-corrected chi connectivity index (χ0v) is 10.6.